The molecule has 0 aliphatic carbocycles. The van der Waals surface area contributed by atoms with Crippen molar-refractivity contribution in [3.63, 3.8) is 0 Å². The van der Waals surface area contributed by atoms with Gasteiger partial charge >= 0.3 is 5.97 Å². The molecular formula is C17H33IN4O2. The van der Waals surface area contributed by atoms with E-state index in [-0.39, 0.29) is 35.9 Å². The number of ether oxygens (including phenoxy) is 1. The third kappa shape index (κ3) is 6.06. The molecule has 2 rings (SSSR count). The first-order valence-electron chi connectivity index (χ1n) is 8.93. The van der Waals surface area contributed by atoms with Crippen LogP contribution in [0.2, 0.25) is 0 Å². The largest absolute Gasteiger partial charge is 0.469 e. The molecule has 7 heteroatoms. The summed E-state index contributed by atoms with van der Waals surface area (Å²) in [7, 11) is 3.31. The minimum atomic E-state index is -0.0745. The van der Waals surface area contributed by atoms with Gasteiger partial charge in [-0.15, -0.1) is 24.0 Å². The normalized spacial score (nSPS) is 23.0. The molecule has 0 aromatic rings. The van der Waals surface area contributed by atoms with E-state index in [1.54, 1.807) is 0 Å². The first kappa shape index (κ1) is 21.5. The number of likely N-dealkylation sites (tertiary alicyclic amines) is 2. The van der Waals surface area contributed by atoms with Crippen LogP contribution < -0.4 is 5.32 Å². The van der Waals surface area contributed by atoms with Crippen LogP contribution in [0.15, 0.2) is 4.99 Å². The number of hydrogen-bond donors (Lipinski definition) is 1. The average molecular weight is 452 g/mol. The Hall–Kier alpha value is -0.570. The van der Waals surface area contributed by atoms with E-state index >= 15 is 0 Å². The molecule has 2 heterocycles. The van der Waals surface area contributed by atoms with E-state index in [0.717, 1.165) is 38.4 Å². The highest BCUT2D eigenvalue weighted by Crippen LogP contribution is 2.19. The molecule has 1 atom stereocenters. The first-order chi connectivity index (χ1) is 11.2. The summed E-state index contributed by atoms with van der Waals surface area (Å²) in [5.41, 5.74) is 0. The third-order valence-corrected chi connectivity index (χ3v) is 5.00. The van der Waals surface area contributed by atoms with E-state index in [2.05, 4.69) is 27.0 Å². The summed E-state index contributed by atoms with van der Waals surface area (Å²) in [5.74, 6) is 1.66. The van der Waals surface area contributed by atoms with Gasteiger partial charge in [-0.3, -0.25) is 9.79 Å². The molecule has 0 aromatic carbocycles. The number of methoxy groups -OCH3 is 1. The molecule has 2 fully saturated rings. The van der Waals surface area contributed by atoms with Gasteiger partial charge in [0.05, 0.1) is 13.0 Å². The van der Waals surface area contributed by atoms with Gasteiger partial charge in [0.2, 0.25) is 0 Å². The molecule has 2 saturated heterocycles. The molecule has 0 aromatic heterocycles. The van der Waals surface area contributed by atoms with Crippen molar-refractivity contribution in [3.05, 3.63) is 0 Å². The van der Waals surface area contributed by atoms with Crippen LogP contribution in [0.4, 0.5) is 0 Å². The fraction of sp³-hybridized carbons (Fsp3) is 0.882. The lowest BCUT2D eigenvalue weighted by molar-refractivity contribution is -0.146. The summed E-state index contributed by atoms with van der Waals surface area (Å²) in [6.45, 7) is 8.60. The Kier molecular flexibility index (Phi) is 9.95. The van der Waals surface area contributed by atoms with Crippen LogP contribution in [0.25, 0.3) is 0 Å². The van der Waals surface area contributed by atoms with Gasteiger partial charge < -0.3 is 19.9 Å². The van der Waals surface area contributed by atoms with Crippen molar-refractivity contribution < 1.29 is 9.53 Å². The Balaban J connectivity index is 0.00000288. The molecular weight excluding hydrogens is 419 g/mol. The van der Waals surface area contributed by atoms with Crippen LogP contribution in [0.5, 0.6) is 0 Å². The van der Waals surface area contributed by atoms with Gasteiger partial charge in [0.1, 0.15) is 0 Å². The van der Waals surface area contributed by atoms with Crippen LogP contribution in [0.1, 0.15) is 32.6 Å². The lowest BCUT2D eigenvalue weighted by Crippen LogP contribution is -2.47. The van der Waals surface area contributed by atoms with E-state index in [4.69, 9.17) is 4.74 Å². The van der Waals surface area contributed by atoms with E-state index in [1.165, 1.54) is 39.6 Å². The predicted molar refractivity (Wildman–Crippen MR) is 108 cm³/mol. The van der Waals surface area contributed by atoms with E-state index < -0.39 is 0 Å². The number of esters is 1. The van der Waals surface area contributed by atoms with Crippen molar-refractivity contribution in [2.75, 3.05) is 53.4 Å². The molecule has 0 radical (unpaired) electrons. The summed E-state index contributed by atoms with van der Waals surface area (Å²) < 4.78 is 4.85. The number of aliphatic imine (C=N–C) groups is 1. The van der Waals surface area contributed by atoms with Gasteiger partial charge in [0, 0.05) is 33.2 Å². The Morgan fingerprint density at radius 3 is 2.54 bits per heavy atom. The molecule has 0 spiro atoms. The summed E-state index contributed by atoms with van der Waals surface area (Å²) in [6, 6.07) is 0. The Morgan fingerprint density at radius 2 is 1.96 bits per heavy atom. The number of nitrogens with zero attached hydrogens (tertiary/aromatic N) is 3. The SMILES string of the molecule is CCCN1CCC(CNC(=NC)N2CCC(C(=O)OC)CC2)C1.I. The number of piperidine rings is 1. The second-order valence-corrected chi connectivity index (χ2v) is 6.67. The zero-order chi connectivity index (χ0) is 16.7. The minimum Gasteiger partial charge on any atom is -0.469 e. The van der Waals surface area contributed by atoms with Gasteiger partial charge in [0.15, 0.2) is 5.96 Å². The Morgan fingerprint density at radius 1 is 1.25 bits per heavy atom. The van der Waals surface area contributed by atoms with Crippen LogP contribution in [-0.4, -0.2) is 75.2 Å². The topological polar surface area (TPSA) is 57.2 Å². The fourth-order valence-electron chi connectivity index (χ4n) is 3.66. The standard InChI is InChI=1S/C17H32N4O2.HI/c1-4-8-20-9-5-14(13-20)12-19-17(18-2)21-10-6-15(7-11-21)16(22)23-3;/h14-15H,4-13H2,1-3H3,(H,18,19);1H. The van der Waals surface area contributed by atoms with Crippen molar-refractivity contribution in [2.24, 2.45) is 16.8 Å². The molecule has 0 bridgehead atoms. The summed E-state index contributed by atoms with van der Waals surface area (Å²) in [4.78, 5) is 20.8. The van der Waals surface area contributed by atoms with Crippen molar-refractivity contribution in [1.29, 1.82) is 0 Å². The monoisotopic (exact) mass is 452 g/mol. The van der Waals surface area contributed by atoms with Gasteiger partial charge in [0.25, 0.3) is 0 Å². The number of nitrogens with one attached hydrogen (secondary N) is 1. The lowest BCUT2D eigenvalue weighted by atomic mass is 9.97. The summed E-state index contributed by atoms with van der Waals surface area (Å²) >= 11 is 0. The first-order valence-corrected chi connectivity index (χ1v) is 8.93. The van der Waals surface area contributed by atoms with Crippen molar-refractivity contribution in [3.8, 4) is 0 Å². The predicted octanol–water partition coefficient (Wildman–Crippen LogP) is 1.80. The van der Waals surface area contributed by atoms with Crippen molar-refractivity contribution in [1.82, 2.24) is 15.1 Å². The molecule has 6 nitrogen and oxygen atoms in total. The van der Waals surface area contributed by atoms with E-state index in [1.807, 2.05) is 7.05 Å². The van der Waals surface area contributed by atoms with Gasteiger partial charge in [-0.2, -0.15) is 0 Å². The molecule has 2 aliphatic rings. The zero-order valence-corrected chi connectivity index (χ0v) is 17.6. The quantitative estimate of drug-likeness (QED) is 0.299. The molecule has 24 heavy (non-hydrogen) atoms. The van der Waals surface area contributed by atoms with Crippen molar-refractivity contribution >= 4 is 35.9 Å². The molecule has 140 valence electrons. The Bertz CT molecular complexity index is 411. The minimum absolute atomic E-state index is 0. The molecule has 1 unspecified atom stereocenters. The lowest BCUT2D eigenvalue weighted by Gasteiger charge is -2.33. The highest BCUT2D eigenvalue weighted by molar-refractivity contribution is 14.0. The maximum atomic E-state index is 11.6. The van der Waals surface area contributed by atoms with Crippen LogP contribution >= 0.6 is 24.0 Å². The maximum Gasteiger partial charge on any atom is 0.308 e. The maximum absolute atomic E-state index is 11.6. The second kappa shape index (κ2) is 11.1. The number of halogens is 1. The van der Waals surface area contributed by atoms with Gasteiger partial charge in [-0.05, 0) is 44.7 Å². The number of carbonyl (C=O) groups is 1. The molecule has 1 N–H and O–H groups in total. The number of carbonyl (C=O) groups excluding carboxylic acids is 1. The molecule has 0 amide bonds. The number of rotatable bonds is 5. The Labute approximate surface area is 163 Å². The molecule has 0 saturated carbocycles. The number of hydrogen-bond acceptors (Lipinski definition) is 4. The van der Waals surface area contributed by atoms with Crippen LogP contribution in [0, 0.1) is 11.8 Å². The third-order valence-electron chi connectivity index (χ3n) is 5.00. The summed E-state index contributed by atoms with van der Waals surface area (Å²) in [5, 5.41) is 3.53. The summed E-state index contributed by atoms with van der Waals surface area (Å²) in [6.07, 6.45) is 4.20. The average Bonchev–Trinajstić information content (AvgIpc) is 3.03. The molecule has 2 aliphatic heterocycles. The van der Waals surface area contributed by atoms with Crippen LogP contribution in [0.3, 0.4) is 0 Å². The highest BCUT2D eigenvalue weighted by atomic mass is 127. The zero-order valence-electron chi connectivity index (χ0n) is 15.3. The highest BCUT2D eigenvalue weighted by Gasteiger charge is 2.28. The smallest absolute Gasteiger partial charge is 0.308 e. The van der Waals surface area contributed by atoms with Crippen LogP contribution in [-0.2, 0) is 9.53 Å². The van der Waals surface area contributed by atoms with E-state index in [0.29, 0.717) is 5.92 Å². The second-order valence-electron chi connectivity index (χ2n) is 6.67. The fourth-order valence-corrected chi connectivity index (χ4v) is 3.66. The van der Waals surface area contributed by atoms with E-state index in [9.17, 15) is 4.79 Å². The van der Waals surface area contributed by atoms with Gasteiger partial charge in [-0.1, -0.05) is 6.92 Å². The number of guanidine groups is 1. The van der Waals surface area contributed by atoms with Crippen molar-refractivity contribution in [2.45, 2.75) is 32.6 Å². The van der Waals surface area contributed by atoms with Gasteiger partial charge in [-0.25, -0.2) is 0 Å².